The zero-order chi connectivity index (χ0) is 29.8. The van der Waals surface area contributed by atoms with Gasteiger partial charge in [0.1, 0.15) is 0 Å². The summed E-state index contributed by atoms with van der Waals surface area (Å²) < 4.78 is 35.8. The van der Waals surface area contributed by atoms with Gasteiger partial charge in [0.15, 0.2) is 0 Å². The zero-order valence-corrected chi connectivity index (χ0v) is 28.6. The minimum atomic E-state index is -3.10. The third kappa shape index (κ3) is 7.44. The van der Waals surface area contributed by atoms with E-state index in [0.29, 0.717) is 0 Å². The van der Waals surface area contributed by atoms with E-state index < -0.39 is 33.8 Å². The number of hydrogen-bond donors (Lipinski definition) is 0. The first-order chi connectivity index (χ1) is 19.8. The van der Waals surface area contributed by atoms with Crippen molar-refractivity contribution in [1.29, 1.82) is 0 Å². The minimum Gasteiger partial charge on any atom is -0.385 e. The van der Waals surface area contributed by atoms with Gasteiger partial charge in [0.25, 0.3) is 8.07 Å². The van der Waals surface area contributed by atoms with Gasteiger partial charge in [-0.25, -0.2) is 0 Å². The average Bonchev–Trinajstić information content (AvgIpc) is 3.05. The smallest absolute Gasteiger partial charge is 0.385 e. The van der Waals surface area contributed by atoms with Gasteiger partial charge in [-0.3, -0.25) is 0 Å². The molecule has 0 saturated heterocycles. The number of hydrogen-bond acceptors (Lipinski definition) is 6. The monoisotopic (exact) mass is 616 g/mol. The molecule has 0 heterocycles. The van der Waals surface area contributed by atoms with Crippen LogP contribution in [0.5, 0.6) is 0 Å². The van der Waals surface area contributed by atoms with Crippen LogP contribution in [0.25, 0.3) is 0 Å². The molecule has 3 aromatic carbocycles. The van der Waals surface area contributed by atoms with Crippen LogP contribution in [-0.4, -0.2) is 76.4 Å². The van der Waals surface area contributed by atoms with Gasteiger partial charge in [-0.2, -0.15) is 0 Å². The molecule has 0 spiro atoms. The lowest BCUT2D eigenvalue weighted by Crippen LogP contribution is -2.53. The molecule has 0 aliphatic carbocycles. The topological polar surface area (TPSA) is 55.4 Å². The highest BCUT2D eigenvalue weighted by Crippen LogP contribution is 2.11. The Morgan fingerprint density at radius 3 is 0.780 bits per heavy atom. The molecule has 0 N–H and O–H groups in total. The quantitative estimate of drug-likeness (QED) is 0.272. The Bertz CT molecular complexity index is 1260. The van der Waals surface area contributed by atoms with E-state index >= 15 is 0 Å². The van der Waals surface area contributed by atoms with Crippen LogP contribution in [-0.2, 0) is 26.6 Å². The van der Waals surface area contributed by atoms with Gasteiger partial charge in [0.05, 0.1) is 0 Å². The lowest BCUT2D eigenvalue weighted by atomic mass is 10.4. The van der Waals surface area contributed by atoms with Crippen LogP contribution < -0.4 is 15.6 Å². The summed E-state index contributed by atoms with van der Waals surface area (Å²) in [4.78, 5) is 0. The summed E-state index contributed by atoms with van der Waals surface area (Å²) in [7, 11) is -2.60. The van der Waals surface area contributed by atoms with Crippen LogP contribution >= 0.6 is 0 Å². The molecular formula is C31H36O6Si4. The van der Waals surface area contributed by atoms with Crippen LogP contribution in [0.3, 0.4) is 0 Å². The first-order valence-electron chi connectivity index (χ1n) is 12.9. The van der Waals surface area contributed by atoms with E-state index in [4.69, 9.17) is 26.6 Å². The highest BCUT2D eigenvalue weighted by Gasteiger charge is 2.41. The van der Waals surface area contributed by atoms with E-state index in [1.807, 2.05) is 97.5 Å². The van der Waals surface area contributed by atoms with Gasteiger partial charge in [0, 0.05) is 58.2 Å². The van der Waals surface area contributed by atoms with Crippen molar-refractivity contribution in [3.05, 3.63) is 91.0 Å². The Morgan fingerprint density at radius 1 is 0.366 bits per heavy atom. The van der Waals surface area contributed by atoms with Gasteiger partial charge in [-0.1, -0.05) is 108 Å². The maximum Gasteiger partial charge on any atom is 0.457 e. The summed E-state index contributed by atoms with van der Waals surface area (Å²) in [6, 6.07) is 29.3. The van der Waals surface area contributed by atoms with Crippen LogP contribution in [0.4, 0.5) is 0 Å². The molecule has 0 saturated carbocycles. The fraction of sp³-hybridized carbons (Fsp3) is 0.226. The Morgan fingerprint density at radius 2 is 0.585 bits per heavy atom. The molecule has 0 unspecified atom stereocenters. The molecule has 41 heavy (non-hydrogen) atoms. The summed E-state index contributed by atoms with van der Waals surface area (Å²) >= 11 is 0. The van der Waals surface area contributed by atoms with E-state index in [-0.39, 0.29) is 0 Å². The maximum atomic E-state index is 5.97. The largest absolute Gasteiger partial charge is 0.457 e. The first kappa shape index (κ1) is 32.5. The fourth-order valence-corrected chi connectivity index (χ4v) is 14.2. The second-order valence-corrected chi connectivity index (χ2v) is 20.7. The van der Waals surface area contributed by atoms with E-state index in [9.17, 15) is 0 Å². The standard InChI is InChI=1S/C31H36O6Si4/c1-32-39(33-2,29-17-11-8-12-18-29)26-23-38(7,24-27-40(34-3,35-4)30-19-13-9-14-20-30)25-28-41(36-5,37-6)31-21-15-10-16-22-31/h8-22H,1-7H3. The van der Waals surface area contributed by atoms with Gasteiger partial charge < -0.3 is 26.6 Å². The van der Waals surface area contributed by atoms with Crippen LogP contribution in [0.1, 0.15) is 0 Å². The van der Waals surface area contributed by atoms with Crippen molar-refractivity contribution >= 4 is 49.3 Å². The van der Waals surface area contributed by atoms with Crippen molar-refractivity contribution in [3.63, 3.8) is 0 Å². The summed E-state index contributed by atoms with van der Waals surface area (Å²) in [6.07, 6.45) is 0. The summed E-state index contributed by atoms with van der Waals surface area (Å²) in [5, 5.41) is 2.70. The summed E-state index contributed by atoms with van der Waals surface area (Å²) in [6.45, 7) is 2.00. The van der Waals surface area contributed by atoms with E-state index in [1.54, 1.807) is 42.7 Å². The SMILES string of the molecule is CO[Si](C#C[Si](C)(C#C[Si](OC)(OC)c1ccccc1)C#C[Si](OC)(OC)c1ccccc1)(OC)c1ccccc1. The van der Waals surface area contributed by atoms with Crippen molar-refractivity contribution in [3.8, 4) is 33.3 Å². The fourth-order valence-electron chi connectivity index (χ4n) is 4.17. The van der Waals surface area contributed by atoms with Crippen molar-refractivity contribution in [2.24, 2.45) is 0 Å². The van der Waals surface area contributed by atoms with Gasteiger partial charge >= 0.3 is 25.7 Å². The van der Waals surface area contributed by atoms with E-state index in [0.717, 1.165) is 15.6 Å². The van der Waals surface area contributed by atoms with Crippen molar-refractivity contribution < 1.29 is 26.6 Å². The van der Waals surface area contributed by atoms with E-state index in [2.05, 4.69) is 33.3 Å². The first-order valence-corrected chi connectivity index (χ1v) is 20.9. The Kier molecular flexibility index (Phi) is 11.7. The highest BCUT2D eigenvalue weighted by molar-refractivity contribution is 7.04. The molecule has 0 radical (unpaired) electrons. The molecule has 0 fully saturated rings. The molecule has 3 rings (SSSR count). The molecule has 0 atom stereocenters. The van der Waals surface area contributed by atoms with Crippen LogP contribution in [0, 0.1) is 33.3 Å². The molecular weight excluding hydrogens is 581 g/mol. The lowest BCUT2D eigenvalue weighted by Gasteiger charge is -2.23. The Labute approximate surface area is 248 Å². The van der Waals surface area contributed by atoms with Gasteiger partial charge in [-0.05, 0) is 6.55 Å². The maximum absolute atomic E-state index is 5.97. The molecule has 0 bridgehead atoms. The Balaban J connectivity index is 2.26. The van der Waals surface area contributed by atoms with Crippen LogP contribution in [0.15, 0.2) is 91.0 Å². The third-order valence-corrected chi connectivity index (χ3v) is 17.3. The minimum absolute atomic E-state index is 0.901. The molecule has 0 aliphatic rings. The molecule has 10 heteroatoms. The second-order valence-electron chi connectivity index (χ2n) is 9.05. The molecule has 212 valence electrons. The van der Waals surface area contributed by atoms with Gasteiger partial charge in [0.2, 0.25) is 0 Å². The van der Waals surface area contributed by atoms with Gasteiger partial charge in [-0.15, -0.1) is 16.6 Å². The highest BCUT2D eigenvalue weighted by atomic mass is 28.4. The second kappa shape index (κ2) is 14.7. The lowest BCUT2D eigenvalue weighted by molar-refractivity contribution is 0.273. The molecule has 0 aromatic heterocycles. The van der Waals surface area contributed by atoms with Crippen molar-refractivity contribution in [1.82, 2.24) is 0 Å². The third-order valence-electron chi connectivity index (χ3n) is 6.62. The Hall–Kier alpha value is -3.03. The molecule has 3 aromatic rings. The van der Waals surface area contributed by atoms with Crippen molar-refractivity contribution in [2.75, 3.05) is 42.7 Å². The molecule has 6 nitrogen and oxygen atoms in total. The normalized spacial score (nSPS) is 11.8. The number of rotatable bonds is 9. The van der Waals surface area contributed by atoms with Crippen LogP contribution in [0.2, 0.25) is 6.55 Å². The predicted octanol–water partition coefficient (Wildman–Crippen LogP) is 2.24. The van der Waals surface area contributed by atoms with Crippen molar-refractivity contribution in [2.45, 2.75) is 6.55 Å². The average molecular weight is 617 g/mol. The zero-order valence-electron chi connectivity index (χ0n) is 24.6. The summed E-state index contributed by atoms with van der Waals surface area (Å²) in [5.41, 5.74) is 20.5. The molecule has 0 amide bonds. The predicted molar refractivity (Wildman–Crippen MR) is 172 cm³/mol. The number of benzene rings is 3. The molecule has 0 aliphatic heterocycles. The summed E-state index contributed by atoms with van der Waals surface area (Å²) in [5.74, 6) is 0. The van der Waals surface area contributed by atoms with E-state index in [1.165, 1.54) is 0 Å².